The van der Waals surface area contributed by atoms with Gasteiger partial charge in [0.05, 0.1) is 7.11 Å². The summed E-state index contributed by atoms with van der Waals surface area (Å²) >= 11 is 0. The van der Waals surface area contributed by atoms with E-state index in [4.69, 9.17) is 23.9 Å². The molecule has 0 spiro atoms. The zero-order valence-corrected chi connectivity index (χ0v) is 18.5. The molecule has 1 rings (SSSR count). The highest BCUT2D eigenvalue weighted by atomic mass is 31.2. The van der Waals surface area contributed by atoms with E-state index < -0.39 is 8.60 Å². The molecular formula is C20H33N2O6P. The number of hydroxylamine groups is 2. The lowest BCUT2D eigenvalue weighted by atomic mass is 10.1. The molecule has 9 heteroatoms. The minimum atomic E-state index is -2.49. The van der Waals surface area contributed by atoms with E-state index >= 15 is 0 Å². The van der Waals surface area contributed by atoms with Gasteiger partial charge in [-0.05, 0) is 42.9 Å². The first kappa shape index (κ1) is 25.3. The van der Waals surface area contributed by atoms with Gasteiger partial charge in [0.25, 0.3) is 0 Å². The predicted molar refractivity (Wildman–Crippen MR) is 113 cm³/mol. The molecule has 3 N–H and O–H groups in total. The Morgan fingerprint density at radius 2 is 2.03 bits per heavy atom. The Kier molecular flexibility index (Phi) is 12.5. The summed E-state index contributed by atoms with van der Waals surface area (Å²) in [7, 11) is 0.552. The number of rotatable bonds is 14. The number of unbranched alkanes of at least 4 members (excludes halogenated alkanes) is 2. The van der Waals surface area contributed by atoms with Gasteiger partial charge >= 0.3 is 8.60 Å². The normalized spacial score (nSPS) is 11.6. The standard InChI is InChI=1S/C20H33N2O6P/c1-16(2)9-7-5-6-8-10-20(23)21-14-17-11-12-18(19(13-17)26-4)27-15-22(3)28-29(24)25/h7,9,11-13,16,24-25H,5-6,8,10,14-15H2,1-4H3,(H,21,23)/b9-7+. The zero-order valence-electron chi connectivity index (χ0n) is 17.6. The molecule has 1 aromatic rings. The van der Waals surface area contributed by atoms with Crippen LogP contribution < -0.4 is 14.8 Å². The van der Waals surface area contributed by atoms with Crippen LogP contribution in [0.4, 0.5) is 0 Å². The summed E-state index contributed by atoms with van der Waals surface area (Å²) in [5.41, 5.74) is 0.890. The maximum absolute atomic E-state index is 12.0. The largest absolute Gasteiger partial charge is 0.493 e. The Labute approximate surface area is 174 Å². The van der Waals surface area contributed by atoms with Gasteiger partial charge in [0.15, 0.2) is 18.2 Å². The number of ether oxygens (including phenoxy) is 2. The first-order valence-corrected chi connectivity index (χ1v) is 10.8. The van der Waals surface area contributed by atoms with Crippen molar-refractivity contribution in [2.24, 2.45) is 5.92 Å². The topological polar surface area (TPSA) is 100 Å². The third-order valence-electron chi connectivity index (χ3n) is 3.88. The van der Waals surface area contributed by atoms with Crippen molar-refractivity contribution in [2.45, 2.75) is 46.1 Å². The number of carbonyl (C=O) groups excluding carboxylic acids is 1. The van der Waals surface area contributed by atoms with Crippen LogP contribution in [-0.2, 0) is 16.0 Å². The van der Waals surface area contributed by atoms with Crippen LogP contribution in [0.1, 0.15) is 45.1 Å². The highest BCUT2D eigenvalue weighted by Crippen LogP contribution is 2.29. The molecule has 0 bridgehead atoms. The van der Waals surface area contributed by atoms with Gasteiger partial charge in [0.1, 0.15) is 0 Å². The van der Waals surface area contributed by atoms with E-state index in [0.717, 1.165) is 29.9 Å². The van der Waals surface area contributed by atoms with E-state index in [1.165, 1.54) is 14.2 Å². The molecule has 0 atom stereocenters. The van der Waals surface area contributed by atoms with Crippen molar-refractivity contribution in [2.75, 3.05) is 20.9 Å². The molecule has 0 aromatic heterocycles. The SMILES string of the molecule is COc1cc(CNC(=O)CCCC/C=C/C(C)C)ccc1OCN(C)OP(O)O. The lowest BCUT2D eigenvalue weighted by Gasteiger charge is -2.18. The summed E-state index contributed by atoms with van der Waals surface area (Å²) < 4.78 is 15.6. The molecule has 0 heterocycles. The van der Waals surface area contributed by atoms with Crippen LogP contribution in [0.3, 0.4) is 0 Å². The molecule has 0 aliphatic heterocycles. The maximum Gasteiger partial charge on any atom is 0.345 e. The molecule has 1 aromatic carbocycles. The Morgan fingerprint density at radius 3 is 2.69 bits per heavy atom. The minimum Gasteiger partial charge on any atom is -0.493 e. The zero-order chi connectivity index (χ0) is 21.6. The van der Waals surface area contributed by atoms with Crippen molar-refractivity contribution in [3.63, 3.8) is 0 Å². The Bertz CT molecular complexity index is 639. The number of hydrogen-bond donors (Lipinski definition) is 3. The van der Waals surface area contributed by atoms with Crippen LogP contribution in [0.2, 0.25) is 0 Å². The summed E-state index contributed by atoms with van der Waals surface area (Å²) in [6.07, 6.45) is 7.74. The second-order valence-electron chi connectivity index (χ2n) is 6.92. The van der Waals surface area contributed by atoms with E-state index in [-0.39, 0.29) is 12.6 Å². The molecule has 0 aliphatic rings. The van der Waals surface area contributed by atoms with Crippen LogP contribution in [0.5, 0.6) is 11.5 Å². The molecule has 164 valence electrons. The summed E-state index contributed by atoms with van der Waals surface area (Å²) in [4.78, 5) is 29.6. The molecule has 0 fully saturated rings. The Balaban J connectivity index is 2.40. The fourth-order valence-corrected chi connectivity index (χ4v) is 2.75. The first-order chi connectivity index (χ1) is 13.8. The van der Waals surface area contributed by atoms with Gasteiger partial charge in [0, 0.05) is 20.0 Å². The van der Waals surface area contributed by atoms with Crippen molar-refractivity contribution in [1.29, 1.82) is 0 Å². The van der Waals surface area contributed by atoms with Gasteiger partial charge in [-0.2, -0.15) is 0 Å². The number of benzene rings is 1. The van der Waals surface area contributed by atoms with Crippen molar-refractivity contribution >= 4 is 14.5 Å². The fourth-order valence-electron chi connectivity index (χ4n) is 2.46. The highest BCUT2D eigenvalue weighted by molar-refractivity contribution is 7.39. The summed E-state index contributed by atoms with van der Waals surface area (Å²) in [6.45, 7) is 4.69. The third-order valence-corrected chi connectivity index (χ3v) is 4.30. The number of carbonyl (C=O) groups is 1. The van der Waals surface area contributed by atoms with E-state index in [1.54, 1.807) is 12.1 Å². The second-order valence-corrected chi connectivity index (χ2v) is 7.58. The number of methoxy groups -OCH3 is 1. The number of hydrogen-bond acceptors (Lipinski definition) is 7. The number of nitrogens with zero attached hydrogens (tertiary/aromatic N) is 1. The second kappa shape index (κ2) is 14.3. The maximum atomic E-state index is 12.0. The van der Waals surface area contributed by atoms with Crippen LogP contribution in [0.15, 0.2) is 30.4 Å². The molecule has 0 unspecified atom stereocenters. The van der Waals surface area contributed by atoms with Gasteiger partial charge in [0.2, 0.25) is 5.91 Å². The van der Waals surface area contributed by atoms with E-state index in [0.29, 0.717) is 30.4 Å². The molecule has 8 nitrogen and oxygen atoms in total. The lowest BCUT2D eigenvalue weighted by Crippen LogP contribution is -2.23. The van der Waals surface area contributed by atoms with Gasteiger partial charge in [-0.15, -0.1) is 5.06 Å². The quantitative estimate of drug-likeness (QED) is 0.137. The molecule has 0 radical (unpaired) electrons. The fraction of sp³-hybridized carbons (Fsp3) is 0.550. The van der Waals surface area contributed by atoms with Gasteiger partial charge in [-0.3, -0.25) is 4.79 Å². The minimum absolute atomic E-state index is 0.0151. The molecule has 0 saturated carbocycles. The number of amides is 1. The molecular weight excluding hydrogens is 395 g/mol. The van der Waals surface area contributed by atoms with Crippen molar-refractivity contribution < 1.29 is 28.7 Å². The Morgan fingerprint density at radius 1 is 1.28 bits per heavy atom. The average Bonchev–Trinajstić information content (AvgIpc) is 2.66. The average molecular weight is 428 g/mol. The summed E-state index contributed by atoms with van der Waals surface area (Å²) in [5, 5.41) is 4.08. The summed E-state index contributed by atoms with van der Waals surface area (Å²) in [5.74, 6) is 1.58. The molecule has 29 heavy (non-hydrogen) atoms. The molecule has 1 amide bonds. The van der Waals surface area contributed by atoms with Crippen LogP contribution in [0, 0.1) is 5.92 Å². The van der Waals surface area contributed by atoms with E-state index in [1.807, 2.05) is 6.07 Å². The van der Waals surface area contributed by atoms with Crippen LogP contribution in [0.25, 0.3) is 0 Å². The van der Waals surface area contributed by atoms with Gasteiger partial charge in [-0.1, -0.05) is 32.1 Å². The van der Waals surface area contributed by atoms with Crippen molar-refractivity contribution in [3.8, 4) is 11.5 Å². The van der Waals surface area contributed by atoms with Crippen molar-refractivity contribution in [1.82, 2.24) is 10.4 Å². The van der Waals surface area contributed by atoms with Crippen LogP contribution >= 0.6 is 8.60 Å². The molecule has 0 aliphatic carbocycles. The van der Waals surface area contributed by atoms with Gasteiger partial charge in [-0.25, -0.2) is 4.62 Å². The van der Waals surface area contributed by atoms with E-state index in [9.17, 15) is 4.79 Å². The number of nitrogens with one attached hydrogen (secondary N) is 1. The van der Waals surface area contributed by atoms with Gasteiger partial charge < -0.3 is 24.6 Å². The van der Waals surface area contributed by atoms with Crippen LogP contribution in [-0.4, -0.2) is 41.6 Å². The van der Waals surface area contributed by atoms with E-state index in [2.05, 4.69) is 31.3 Å². The number of allylic oxidation sites excluding steroid dienone is 2. The first-order valence-electron chi connectivity index (χ1n) is 9.62. The monoisotopic (exact) mass is 428 g/mol. The predicted octanol–water partition coefficient (Wildman–Crippen LogP) is 3.50. The lowest BCUT2D eigenvalue weighted by molar-refractivity contribution is -0.121. The smallest absolute Gasteiger partial charge is 0.345 e. The highest BCUT2D eigenvalue weighted by Gasteiger charge is 2.10. The van der Waals surface area contributed by atoms with Crippen molar-refractivity contribution in [3.05, 3.63) is 35.9 Å². The summed E-state index contributed by atoms with van der Waals surface area (Å²) in [6, 6.07) is 5.36. The molecule has 0 saturated heterocycles. The Hall–Kier alpha value is -1.70. The third kappa shape index (κ3) is 11.8.